The molecule has 0 unspecified atom stereocenters. The summed E-state index contributed by atoms with van der Waals surface area (Å²) in [6.07, 6.45) is 0. The minimum atomic E-state index is 0.0396. The lowest BCUT2D eigenvalue weighted by Gasteiger charge is -2.26. The highest BCUT2D eigenvalue weighted by molar-refractivity contribution is 5.95. The Balaban J connectivity index is 1.56. The highest BCUT2D eigenvalue weighted by atomic mass is 16.5. The smallest absolute Gasteiger partial charge is 0.254 e. The van der Waals surface area contributed by atoms with Crippen LogP contribution in [0.25, 0.3) is 33.5 Å². The lowest BCUT2D eigenvalue weighted by Crippen LogP contribution is -2.40. The lowest BCUT2D eigenvalue weighted by atomic mass is 10.0. The number of morpholine rings is 1. The van der Waals surface area contributed by atoms with Crippen molar-refractivity contribution in [3.05, 3.63) is 84.4 Å². The van der Waals surface area contributed by atoms with Crippen LogP contribution in [0.5, 0.6) is 0 Å². The summed E-state index contributed by atoms with van der Waals surface area (Å²) < 4.78 is 5.34. The van der Waals surface area contributed by atoms with Crippen LogP contribution < -0.4 is 0 Å². The molecule has 4 aromatic rings. The molecule has 5 nitrogen and oxygen atoms in total. The van der Waals surface area contributed by atoms with Crippen molar-refractivity contribution in [2.24, 2.45) is 0 Å². The number of amides is 1. The normalized spacial score (nSPS) is 14.1. The summed E-state index contributed by atoms with van der Waals surface area (Å²) in [5, 5.41) is 0. The molecule has 2 heterocycles. The third kappa shape index (κ3) is 3.55. The van der Waals surface area contributed by atoms with Gasteiger partial charge in [0.25, 0.3) is 5.91 Å². The van der Waals surface area contributed by atoms with Crippen LogP contribution in [0.1, 0.15) is 10.4 Å². The van der Waals surface area contributed by atoms with Gasteiger partial charge in [-0.3, -0.25) is 4.79 Å². The third-order valence-electron chi connectivity index (χ3n) is 5.32. The van der Waals surface area contributed by atoms with Crippen molar-refractivity contribution in [1.82, 2.24) is 14.9 Å². The van der Waals surface area contributed by atoms with E-state index in [1.165, 1.54) is 0 Å². The largest absolute Gasteiger partial charge is 0.378 e. The monoisotopic (exact) mass is 395 g/mol. The van der Waals surface area contributed by atoms with Crippen LogP contribution in [0.2, 0.25) is 0 Å². The summed E-state index contributed by atoms with van der Waals surface area (Å²) in [6, 6.07) is 25.6. The van der Waals surface area contributed by atoms with Crippen molar-refractivity contribution < 1.29 is 9.53 Å². The number of aromatic nitrogens is 2. The zero-order chi connectivity index (χ0) is 20.3. The van der Waals surface area contributed by atoms with Gasteiger partial charge in [0.15, 0.2) is 0 Å². The molecule has 1 amide bonds. The second kappa shape index (κ2) is 8.05. The summed E-state index contributed by atoms with van der Waals surface area (Å²) in [4.78, 5) is 24.4. The molecule has 30 heavy (non-hydrogen) atoms. The number of nitrogens with zero attached hydrogens (tertiary/aromatic N) is 3. The van der Waals surface area contributed by atoms with Gasteiger partial charge < -0.3 is 9.64 Å². The minimum Gasteiger partial charge on any atom is -0.378 e. The van der Waals surface area contributed by atoms with E-state index in [0.717, 1.165) is 33.5 Å². The fraction of sp³-hybridized carbons (Fsp3) is 0.160. The molecular formula is C25H21N3O2. The molecule has 0 aliphatic carbocycles. The SMILES string of the molecule is O=C(c1ccc(-c2nc3ccccc3nc2-c2ccccc2)cc1)N1CCOCC1. The fourth-order valence-corrected chi connectivity index (χ4v) is 3.72. The van der Waals surface area contributed by atoms with E-state index in [9.17, 15) is 4.79 Å². The number of carbonyl (C=O) groups is 1. The Morgan fingerprint density at radius 1 is 0.700 bits per heavy atom. The Labute approximate surface area is 175 Å². The first kappa shape index (κ1) is 18.5. The van der Waals surface area contributed by atoms with E-state index in [1.54, 1.807) is 0 Å². The predicted molar refractivity (Wildman–Crippen MR) is 117 cm³/mol. The molecule has 0 spiro atoms. The second-order valence-electron chi connectivity index (χ2n) is 7.26. The Morgan fingerprint density at radius 3 is 1.83 bits per heavy atom. The van der Waals surface area contributed by atoms with Crippen LogP contribution in [-0.4, -0.2) is 47.1 Å². The number of hydrogen-bond acceptors (Lipinski definition) is 4. The van der Waals surface area contributed by atoms with Crippen molar-refractivity contribution in [3.63, 3.8) is 0 Å². The van der Waals surface area contributed by atoms with E-state index in [1.807, 2.05) is 83.8 Å². The van der Waals surface area contributed by atoms with E-state index in [0.29, 0.717) is 31.9 Å². The molecule has 0 bridgehead atoms. The standard InChI is InChI=1S/C25H21N3O2/c29-25(28-14-16-30-17-15-28)20-12-10-19(11-13-20)24-23(18-6-2-1-3-7-18)26-21-8-4-5-9-22(21)27-24/h1-13H,14-17H2. The maximum atomic E-state index is 12.8. The van der Waals surface area contributed by atoms with Gasteiger partial charge in [0.1, 0.15) is 0 Å². The molecule has 1 aliphatic heterocycles. The molecule has 1 fully saturated rings. The van der Waals surface area contributed by atoms with Gasteiger partial charge in [0.05, 0.1) is 35.6 Å². The Bertz CT molecular complexity index is 1180. The maximum Gasteiger partial charge on any atom is 0.254 e. The Morgan fingerprint density at radius 2 is 1.23 bits per heavy atom. The summed E-state index contributed by atoms with van der Waals surface area (Å²) in [6.45, 7) is 2.46. The highest BCUT2D eigenvalue weighted by Gasteiger charge is 2.19. The number of ether oxygens (including phenoxy) is 1. The van der Waals surface area contributed by atoms with E-state index in [4.69, 9.17) is 14.7 Å². The predicted octanol–water partition coefficient (Wildman–Crippen LogP) is 4.44. The molecular weight excluding hydrogens is 374 g/mol. The average Bonchev–Trinajstić information content (AvgIpc) is 2.84. The first-order valence-corrected chi connectivity index (χ1v) is 10.1. The first-order valence-electron chi connectivity index (χ1n) is 10.1. The van der Waals surface area contributed by atoms with Crippen LogP contribution in [0.15, 0.2) is 78.9 Å². The van der Waals surface area contributed by atoms with Gasteiger partial charge in [0.2, 0.25) is 0 Å². The van der Waals surface area contributed by atoms with Crippen molar-refractivity contribution in [2.75, 3.05) is 26.3 Å². The van der Waals surface area contributed by atoms with E-state index < -0.39 is 0 Å². The number of fused-ring (bicyclic) bond motifs is 1. The van der Waals surface area contributed by atoms with Crippen LogP contribution in [-0.2, 0) is 4.74 Å². The topological polar surface area (TPSA) is 55.3 Å². The maximum absolute atomic E-state index is 12.8. The molecule has 1 saturated heterocycles. The zero-order valence-electron chi connectivity index (χ0n) is 16.5. The van der Waals surface area contributed by atoms with Crippen LogP contribution in [0.3, 0.4) is 0 Å². The van der Waals surface area contributed by atoms with E-state index in [-0.39, 0.29) is 5.91 Å². The number of para-hydroxylation sites is 2. The molecule has 0 saturated carbocycles. The van der Waals surface area contributed by atoms with Gasteiger partial charge in [-0.15, -0.1) is 0 Å². The number of benzene rings is 3. The average molecular weight is 395 g/mol. The Hall–Kier alpha value is -3.57. The lowest BCUT2D eigenvalue weighted by molar-refractivity contribution is 0.0303. The molecule has 1 aromatic heterocycles. The molecule has 148 valence electrons. The van der Waals surface area contributed by atoms with E-state index >= 15 is 0 Å². The number of carbonyl (C=O) groups excluding carboxylic acids is 1. The van der Waals surface area contributed by atoms with Gasteiger partial charge in [-0.2, -0.15) is 0 Å². The van der Waals surface area contributed by atoms with Crippen LogP contribution >= 0.6 is 0 Å². The molecule has 0 radical (unpaired) electrons. The van der Waals surface area contributed by atoms with Gasteiger partial charge in [0, 0.05) is 29.8 Å². The number of hydrogen-bond donors (Lipinski definition) is 0. The Kier molecular flexibility index (Phi) is 4.95. The molecule has 1 aliphatic rings. The quantitative estimate of drug-likeness (QED) is 0.515. The van der Waals surface area contributed by atoms with Gasteiger partial charge in [-0.25, -0.2) is 9.97 Å². The summed E-state index contributed by atoms with van der Waals surface area (Å²) in [7, 11) is 0. The van der Waals surface area contributed by atoms with E-state index in [2.05, 4.69) is 0 Å². The highest BCUT2D eigenvalue weighted by Crippen LogP contribution is 2.31. The van der Waals surface area contributed by atoms with Crippen molar-refractivity contribution in [3.8, 4) is 22.5 Å². The van der Waals surface area contributed by atoms with Crippen LogP contribution in [0.4, 0.5) is 0 Å². The molecule has 0 atom stereocenters. The second-order valence-corrected chi connectivity index (χ2v) is 7.26. The molecule has 0 N–H and O–H groups in total. The van der Waals surface area contributed by atoms with Gasteiger partial charge >= 0.3 is 0 Å². The van der Waals surface area contributed by atoms with Gasteiger partial charge in [-0.05, 0) is 24.3 Å². The van der Waals surface area contributed by atoms with Crippen LogP contribution in [0, 0.1) is 0 Å². The molecule has 5 rings (SSSR count). The third-order valence-corrected chi connectivity index (χ3v) is 5.32. The zero-order valence-corrected chi connectivity index (χ0v) is 16.5. The fourth-order valence-electron chi connectivity index (χ4n) is 3.72. The molecule has 3 aromatic carbocycles. The van der Waals surface area contributed by atoms with Crippen molar-refractivity contribution in [2.45, 2.75) is 0 Å². The summed E-state index contributed by atoms with van der Waals surface area (Å²) in [5.41, 5.74) is 5.98. The minimum absolute atomic E-state index is 0.0396. The van der Waals surface area contributed by atoms with Gasteiger partial charge in [-0.1, -0.05) is 54.6 Å². The number of rotatable bonds is 3. The summed E-state index contributed by atoms with van der Waals surface area (Å²) >= 11 is 0. The van der Waals surface area contributed by atoms with Crippen molar-refractivity contribution in [1.29, 1.82) is 0 Å². The molecule has 5 heteroatoms. The summed E-state index contributed by atoms with van der Waals surface area (Å²) in [5.74, 6) is 0.0396. The van der Waals surface area contributed by atoms with Crippen molar-refractivity contribution >= 4 is 16.9 Å². The first-order chi connectivity index (χ1) is 14.8.